The lowest BCUT2D eigenvalue weighted by Crippen LogP contribution is -2.29. The van der Waals surface area contributed by atoms with Gasteiger partial charge in [0.1, 0.15) is 5.75 Å². The molecule has 5 heteroatoms. The molecule has 1 aliphatic rings. The van der Waals surface area contributed by atoms with Gasteiger partial charge < -0.3 is 20.4 Å². The first-order valence-corrected chi connectivity index (χ1v) is 7.93. The van der Waals surface area contributed by atoms with Gasteiger partial charge in [0, 0.05) is 12.2 Å². The highest BCUT2D eigenvalue weighted by atomic mass is 16.7. The smallest absolute Gasteiger partial charge is 0.189 e. The number of ether oxygens (including phenoxy) is 2. The molecule has 3 N–H and O–H groups in total. The van der Waals surface area contributed by atoms with Crippen LogP contribution in [0.25, 0.3) is 0 Å². The monoisotopic (exact) mass is 306 g/mol. The van der Waals surface area contributed by atoms with Crippen LogP contribution < -0.4 is 10.5 Å². The van der Waals surface area contributed by atoms with Gasteiger partial charge in [-0.05, 0) is 48.9 Å². The van der Waals surface area contributed by atoms with Crippen LogP contribution in [0.4, 0.5) is 0 Å². The summed E-state index contributed by atoms with van der Waals surface area (Å²) in [4.78, 5) is 0. The van der Waals surface area contributed by atoms with E-state index < -0.39 is 0 Å². The van der Waals surface area contributed by atoms with Gasteiger partial charge in [0.2, 0.25) is 0 Å². The van der Waals surface area contributed by atoms with Crippen molar-refractivity contribution in [2.45, 2.75) is 51.4 Å². The Morgan fingerprint density at radius 1 is 1.32 bits per heavy atom. The zero-order valence-corrected chi connectivity index (χ0v) is 13.5. The summed E-state index contributed by atoms with van der Waals surface area (Å²) in [5.41, 5.74) is 7.78. The van der Waals surface area contributed by atoms with Crippen LogP contribution in [0, 0.1) is 0 Å². The van der Waals surface area contributed by atoms with Gasteiger partial charge in [-0.2, -0.15) is 0 Å². The molecule has 0 radical (unpaired) electrons. The summed E-state index contributed by atoms with van der Waals surface area (Å²) >= 11 is 0. The van der Waals surface area contributed by atoms with Gasteiger partial charge in [-0.3, -0.25) is 0 Å². The minimum atomic E-state index is 0.0356. The highest BCUT2D eigenvalue weighted by Crippen LogP contribution is 2.41. The molecular formula is C17H26N2O3. The van der Waals surface area contributed by atoms with E-state index in [0.717, 1.165) is 29.7 Å². The Labute approximate surface area is 132 Å². The van der Waals surface area contributed by atoms with Crippen molar-refractivity contribution in [1.29, 1.82) is 0 Å². The van der Waals surface area contributed by atoms with Crippen molar-refractivity contribution in [1.82, 2.24) is 0 Å². The Kier molecular flexibility index (Phi) is 5.66. The van der Waals surface area contributed by atoms with E-state index in [1.165, 1.54) is 19.3 Å². The summed E-state index contributed by atoms with van der Waals surface area (Å²) in [5.74, 6) is 0.905. The molecule has 0 aromatic heterocycles. The summed E-state index contributed by atoms with van der Waals surface area (Å²) in [6.07, 6.45) is 5.89. The van der Waals surface area contributed by atoms with Gasteiger partial charge in [-0.1, -0.05) is 31.3 Å². The number of hydrogen-bond donors (Lipinski definition) is 2. The first-order valence-electron chi connectivity index (χ1n) is 7.93. The average molecular weight is 306 g/mol. The van der Waals surface area contributed by atoms with E-state index in [9.17, 15) is 0 Å². The predicted molar refractivity (Wildman–Crippen MR) is 86.5 cm³/mol. The molecule has 0 spiro atoms. The normalized spacial score (nSPS) is 18.2. The first-order chi connectivity index (χ1) is 10.6. The molecule has 0 saturated heterocycles. The lowest BCUT2D eigenvalue weighted by atomic mass is 9.69. The van der Waals surface area contributed by atoms with Gasteiger partial charge in [0.25, 0.3) is 0 Å². The van der Waals surface area contributed by atoms with Crippen LogP contribution in [-0.4, -0.2) is 24.4 Å². The Bertz CT molecular complexity index is 523. The van der Waals surface area contributed by atoms with Crippen LogP contribution in [-0.2, 0) is 10.2 Å². The Balaban J connectivity index is 2.35. The van der Waals surface area contributed by atoms with Crippen molar-refractivity contribution in [3.05, 3.63) is 29.3 Å². The molecule has 1 saturated carbocycles. The standard InChI is InChI=1S/C17H26N2O3/c1-3-21-12-22-13-7-8-14(16(18)19-20)15(11-13)17(2)9-5-4-6-10-17/h7-8,11,20H,3-6,9-10,12H2,1-2H3,(H2,18,19). The van der Waals surface area contributed by atoms with Crippen molar-refractivity contribution in [2.24, 2.45) is 10.9 Å². The average Bonchev–Trinajstić information content (AvgIpc) is 2.55. The molecule has 1 fully saturated rings. The van der Waals surface area contributed by atoms with E-state index in [-0.39, 0.29) is 18.0 Å². The van der Waals surface area contributed by atoms with Gasteiger partial charge in [-0.25, -0.2) is 0 Å². The second kappa shape index (κ2) is 7.49. The van der Waals surface area contributed by atoms with E-state index in [2.05, 4.69) is 12.1 Å². The Hall–Kier alpha value is -1.75. The molecule has 0 bridgehead atoms. The maximum absolute atomic E-state index is 9.05. The molecule has 0 amide bonds. The first kappa shape index (κ1) is 16.6. The number of hydrogen-bond acceptors (Lipinski definition) is 4. The molecule has 22 heavy (non-hydrogen) atoms. The minimum Gasteiger partial charge on any atom is -0.468 e. The van der Waals surface area contributed by atoms with Gasteiger partial charge >= 0.3 is 0 Å². The predicted octanol–water partition coefficient (Wildman–Crippen LogP) is 3.38. The molecule has 1 aromatic carbocycles. The number of oxime groups is 1. The van der Waals surface area contributed by atoms with Gasteiger partial charge in [0.15, 0.2) is 12.6 Å². The summed E-state index contributed by atoms with van der Waals surface area (Å²) in [5, 5.41) is 12.2. The number of nitrogens with two attached hydrogens (primary N) is 1. The number of rotatable bonds is 6. The van der Waals surface area contributed by atoms with Crippen LogP contribution in [0.3, 0.4) is 0 Å². The second-order valence-electron chi connectivity index (χ2n) is 6.07. The maximum Gasteiger partial charge on any atom is 0.189 e. The number of benzene rings is 1. The topological polar surface area (TPSA) is 77.1 Å². The highest BCUT2D eigenvalue weighted by Gasteiger charge is 2.32. The Morgan fingerprint density at radius 3 is 2.68 bits per heavy atom. The highest BCUT2D eigenvalue weighted by molar-refractivity contribution is 5.99. The summed E-state index contributed by atoms with van der Waals surface area (Å²) in [6, 6.07) is 5.71. The lowest BCUT2D eigenvalue weighted by molar-refractivity contribution is 0.0223. The molecule has 0 atom stereocenters. The van der Waals surface area contributed by atoms with Crippen molar-refractivity contribution in [3.63, 3.8) is 0 Å². The molecule has 122 valence electrons. The fraction of sp³-hybridized carbons (Fsp3) is 0.588. The molecule has 0 unspecified atom stereocenters. The van der Waals surface area contributed by atoms with Gasteiger partial charge in [-0.15, -0.1) is 0 Å². The quantitative estimate of drug-likeness (QED) is 0.211. The fourth-order valence-corrected chi connectivity index (χ4v) is 3.18. The molecule has 0 aliphatic heterocycles. The van der Waals surface area contributed by atoms with Crippen LogP contribution in [0.1, 0.15) is 57.1 Å². The van der Waals surface area contributed by atoms with Crippen molar-refractivity contribution in [3.8, 4) is 5.75 Å². The van der Waals surface area contributed by atoms with E-state index in [0.29, 0.717) is 6.61 Å². The van der Waals surface area contributed by atoms with Crippen LogP contribution in [0.15, 0.2) is 23.4 Å². The molecule has 2 rings (SSSR count). The van der Waals surface area contributed by atoms with Crippen molar-refractivity contribution < 1.29 is 14.7 Å². The van der Waals surface area contributed by atoms with Crippen LogP contribution in [0.2, 0.25) is 0 Å². The molecule has 1 aromatic rings. The SMILES string of the molecule is CCOCOc1ccc(C(N)=NO)c(C2(C)CCCCC2)c1. The Morgan fingerprint density at radius 2 is 2.05 bits per heavy atom. The second-order valence-corrected chi connectivity index (χ2v) is 6.07. The molecule has 5 nitrogen and oxygen atoms in total. The third kappa shape index (κ3) is 3.71. The lowest BCUT2D eigenvalue weighted by Gasteiger charge is -2.35. The van der Waals surface area contributed by atoms with Crippen molar-refractivity contribution >= 4 is 5.84 Å². The van der Waals surface area contributed by atoms with E-state index in [1.54, 1.807) is 0 Å². The van der Waals surface area contributed by atoms with E-state index in [4.69, 9.17) is 20.4 Å². The number of nitrogens with zero attached hydrogens (tertiary/aromatic N) is 1. The molecule has 1 aliphatic carbocycles. The van der Waals surface area contributed by atoms with Crippen LogP contribution in [0.5, 0.6) is 5.75 Å². The summed E-state index contributed by atoms with van der Waals surface area (Å²) in [7, 11) is 0. The molecule has 0 heterocycles. The van der Waals surface area contributed by atoms with Gasteiger partial charge in [0.05, 0.1) is 0 Å². The summed E-state index contributed by atoms with van der Waals surface area (Å²) in [6.45, 7) is 5.03. The third-order valence-electron chi connectivity index (χ3n) is 4.50. The third-order valence-corrected chi connectivity index (χ3v) is 4.50. The number of amidine groups is 1. The minimum absolute atomic E-state index is 0.0356. The largest absolute Gasteiger partial charge is 0.468 e. The van der Waals surface area contributed by atoms with E-state index >= 15 is 0 Å². The zero-order chi connectivity index (χ0) is 16.0. The van der Waals surface area contributed by atoms with Crippen molar-refractivity contribution in [2.75, 3.05) is 13.4 Å². The summed E-state index contributed by atoms with van der Waals surface area (Å²) < 4.78 is 10.9. The molecular weight excluding hydrogens is 280 g/mol. The zero-order valence-electron chi connectivity index (χ0n) is 13.5. The fourth-order valence-electron chi connectivity index (χ4n) is 3.18. The van der Waals surface area contributed by atoms with E-state index in [1.807, 2.05) is 25.1 Å². The van der Waals surface area contributed by atoms with Crippen LogP contribution >= 0.6 is 0 Å². The maximum atomic E-state index is 9.05.